The molecule has 0 spiro atoms. The van der Waals surface area contributed by atoms with Crippen LogP contribution in [0, 0.1) is 0 Å². The van der Waals surface area contributed by atoms with E-state index in [-0.39, 0.29) is 0 Å². The number of aromatic nitrogens is 1. The minimum Gasteiger partial charge on any atom is -0.391 e. The molecule has 0 radical (unpaired) electrons. The second-order valence-electron chi connectivity index (χ2n) is 6.09. The van der Waals surface area contributed by atoms with Gasteiger partial charge in [0.15, 0.2) is 0 Å². The summed E-state index contributed by atoms with van der Waals surface area (Å²) in [5, 5.41) is 3.23. The van der Waals surface area contributed by atoms with Gasteiger partial charge in [-0.1, -0.05) is 18.2 Å². The van der Waals surface area contributed by atoms with Gasteiger partial charge in [0, 0.05) is 56.9 Å². The molecule has 0 aliphatic carbocycles. The van der Waals surface area contributed by atoms with Crippen molar-refractivity contribution >= 4 is 0 Å². The van der Waals surface area contributed by atoms with Crippen LogP contribution in [0.4, 0.5) is 0 Å². The lowest BCUT2D eigenvalue weighted by Crippen LogP contribution is -2.32. The van der Waals surface area contributed by atoms with Gasteiger partial charge < -0.3 is 16.0 Å². The molecule has 0 saturated carbocycles. The molecule has 0 unspecified atom stereocenters. The third kappa shape index (κ3) is 4.23. The van der Waals surface area contributed by atoms with E-state index in [9.17, 15) is 0 Å². The standard InChI is InChI=1S/C19H28N4/c1-14-13-23(15(2)10-17-6-5-8-22-12-17)9-7-18(14)19(11-20)16(3)21-4/h5-6,8,12,21H,2,7,9-11,13,20H2,1,3-4H3/b19-16+. The molecule has 0 saturated heterocycles. The first kappa shape index (κ1) is 17.3. The predicted octanol–water partition coefficient (Wildman–Crippen LogP) is 2.61. The summed E-state index contributed by atoms with van der Waals surface area (Å²) in [7, 11) is 1.95. The first-order valence-electron chi connectivity index (χ1n) is 8.15. The molecular formula is C19H28N4. The monoisotopic (exact) mass is 312 g/mol. The molecule has 0 atom stereocenters. The lowest BCUT2D eigenvalue weighted by Gasteiger charge is -2.34. The number of pyridine rings is 1. The minimum atomic E-state index is 0.579. The van der Waals surface area contributed by atoms with Gasteiger partial charge in [-0.15, -0.1) is 0 Å². The number of rotatable bonds is 6. The largest absolute Gasteiger partial charge is 0.391 e. The summed E-state index contributed by atoms with van der Waals surface area (Å²) in [6.45, 7) is 11.1. The highest BCUT2D eigenvalue weighted by molar-refractivity contribution is 5.40. The molecule has 0 amide bonds. The van der Waals surface area contributed by atoms with Gasteiger partial charge >= 0.3 is 0 Å². The van der Waals surface area contributed by atoms with Crippen molar-refractivity contribution in [3.05, 3.63) is 64.8 Å². The first-order chi connectivity index (χ1) is 11.1. The maximum absolute atomic E-state index is 5.97. The van der Waals surface area contributed by atoms with Gasteiger partial charge in [0.25, 0.3) is 0 Å². The van der Waals surface area contributed by atoms with Crippen LogP contribution in [0.5, 0.6) is 0 Å². The molecule has 1 aromatic rings. The van der Waals surface area contributed by atoms with Gasteiger partial charge in [-0.2, -0.15) is 0 Å². The van der Waals surface area contributed by atoms with Crippen LogP contribution in [0.1, 0.15) is 25.8 Å². The maximum atomic E-state index is 5.97. The van der Waals surface area contributed by atoms with Crippen molar-refractivity contribution in [2.75, 3.05) is 26.7 Å². The Hall–Kier alpha value is -2.07. The van der Waals surface area contributed by atoms with Crippen LogP contribution in [0.25, 0.3) is 0 Å². The number of hydrogen-bond donors (Lipinski definition) is 2. The van der Waals surface area contributed by atoms with Crippen molar-refractivity contribution < 1.29 is 0 Å². The molecule has 0 aromatic carbocycles. The lowest BCUT2D eigenvalue weighted by molar-refractivity contribution is 0.352. The number of hydrogen-bond acceptors (Lipinski definition) is 4. The number of allylic oxidation sites excluding steroid dienone is 2. The Balaban J connectivity index is 2.10. The number of nitrogens with two attached hydrogens (primary N) is 1. The zero-order chi connectivity index (χ0) is 16.8. The zero-order valence-electron chi connectivity index (χ0n) is 14.5. The zero-order valence-corrected chi connectivity index (χ0v) is 14.5. The summed E-state index contributed by atoms with van der Waals surface area (Å²) in [6.07, 6.45) is 5.58. The molecule has 3 N–H and O–H groups in total. The Morgan fingerprint density at radius 1 is 1.48 bits per heavy atom. The van der Waals surface area contributed by atoms with E-state index in [1.165, 1.54) is 28.0 Å². The van der Waals surface area contributed by atoms with Gasteiger partial charge in [-0.05, 0) is 43.0 Å². The van der Waals surface area contributed by atoms with E-state index in [0.29, 0.717) is 6.54 Å². The maximum Gasteiger partial charge on any atom is 0.0389 e. The highest BCUT2D eigenvalue weighted by Gasteiger charge is 2.20. The number of nitrogens with one attached hydrogen (secondary N) is 1. The molecule has 2 heterocycles. The van der Waals surface area contributed by atoms with Crippen LogP contribution in [0.15, 0.2) is 59.2 Å². The Bertz CT molecular complexity index is 614. The van der Waals surface area contributed by atoms with E-state index in [1.54, 1.807) is 6.20 Å². The quantitative estimate of drug-likeness (QED) is 0.848. The smallest absolute Gasteiger partial charge is 0.0389 e. The van der Waals surface area contributed by atoms with Crippen LogP contribution in [-0.4, -0.2) is 36.6 Å². The fraction of sp³-hybridized carbons (Fsp3) is 0.421. The fourth-order valence-electron chi connectivity index (χ4n) is 3.10. The molecular weight excluding hydrogens is 284 g/mol. The molecule has 1 aromatic heterocycles. The van der Waals surface area contributed by atoms with Crippen LogP contribution in [0.3, 0.4) is 0 Å². The summed E-state index contributed by atoms with van der Waals surface area (Å²) in [6, 6.07) is 4.07. The van der Waals surface area contributed by atoms with Crippen molar-refractivity contribution in [2.24, 2.45) is 5.73 Å². The minimum absolute atomic E-state index is 0.579. The summed E-state index contributed by atoms with van der Waals surface area (Å²) in [4.78, 5) is 6.55. The topological polar surface area (TPSA) is 54.2 Å². The Labute approximate surface area is 139 Å². The van der Waals surface area contributed by atoms with Crippen LogP contribution in [0.2, 0.25) is 0 Å². The van der Waals surface area contributed by atoms with E-state index in [2.05, 4.69) is 41.7 Å². The van der Waals surface area contributed by atoms with Crippen molar-refractivity contribution in [3.8, 4) is 0 Å². The van der Waals surface area contributed by atoms with Crippen LogP contribution in [-0.2, 0) is 6.42 Å². The molecule has 2 rings (SSSR count). The van der Waals surface area contributed by atoms with Crippen molar-refractivity contribution in [1.82, 2.24) is 15.2 Å². The van der Waals surface area contributed by atoms with Crippen molar-refractivity contribution in [3.63, 3.8) is 0 Å². The molecule has 1 aliphatic heterocycles. The molecule has 124 valence electrons. The first-order valence-corrected chi connectivity index (χ1v) is 8.15. The molecule has 4 heteroatoms. The van der Waals surface area contributed by atoms with E-state index < -0.39 is 0 Å². The van der Waals surface area contributed by atoms with E-state index in [4.69, 9.17) is 5.73 Å². The molecule has 1 aliphatic rings. The third-order valence-electron chi connectivity index (χ3n) is 4.55. The highest BCUT2D eigenvalue weighted by Crippen LogP contribution is 2.27. The summed E-state index contributed by atoms with van der Waals surface area (Å²) in [5.41, 5.74) is 13.5. The predicted molar refractivity (Wildman–Crippen MR) is 96.8 cm³/mol. The molecule has 4 nitrogen and oxygen atoms in total. The van der Waals surface area contributed by atoms with Crippen molar-refractivity contribution in [2.45, 2.75) is 26.7 Å². The Morgan fingerprint density at radius 3 is 2.83 bits per heavy atom. The summed E-state index contributed by atoms with van der Waals surface area (Å²) < 4.78 is 0. The summed E-state index contributed by atoms with van der Waals surface area (Å²) in [5.74, 6) is 0. The Kier molecular flexibility index (Phi) is 5.99. The van der Waals surface area contributed by atoms with Crippen LogP contribution < -0.4 is 11.1 Å². The lowest BCUT2D eigenvalue weighted by atomic mass is 9.92. The van der Waals surface area contributed by atoms with Crippen molar-refractivity contribution in [1.29, 1.82) is 0 Å². The molecule has 23 heavy (non-hydrogen) atoms. The second-order valence-corrected chi connectivity index (χ2v) is 6.09. The third-order valence-corrected chi connectivity index (χ3v) is 4.55. The highest BCUT2D eigenvalue weighted by atomic mass is 15.1. The summed E-state index contributed by atoms with van der Waals surface area (Å²) >= 11 is 0. The fourth-order valence-corrected chi connectivity index (χ4v) is 3.10. The van der Waals surface area contributed by atoms with Crippen LogP contribution >= 0.6 is 0 Å². The SMILES string of the molecule is C=C(Cc1cccnc1)N1CCC(/C(CN)=C(\C)NC)=C(C)C1. The van der Waals surface area contributed by atoms with E-state index in [0.717, 1.165) is 31.6 Å². The average Bonchev–Trinajstić information content (AvgIpc) is 2.57. The average molecular weight is 312 g/mol. The van der Waals surface area contributed by atoms with E-state index >= 15 is 0 Å². The molecule has 0 bridgehead atoms. The van der Waals surface area contributed by atoms with Gasteiger partial charge in [-0.3, -0.25) is 4.98 Å². The van der Waals surface area contributed by atoms with Gasteiger partial charge in [0.05, 0.1) is 0 Å². The molecule has 0 fully saturated rings. The Morgan fingerprint density at radius 2 is 2.26 bits per heavy atom. The van der Waals surface area contributed by atoms with E-state index in [1.807, 2.05) is 19.3 Å². The normalized spacial score (nSPS) is 16.3. The van der Waals surface area contributed by atoms with Gasteiger partial charge in [0.2, 0.25) is 0 Å². The van der Waals surface area contributed by atoms with Gasteiger partial charge in [0.1, 0.15) is 0 Å². The van der Waals surface area contributed by atoms with Gasteiger partial charge in [-0.25, -0.2) is 0 Å². The second kappa shape index (κ2) is 7.97. The number of nitrogens with zero attached hydrogens (tertiary/aromatic N) is 2.